The molecular formula is C10H10O3. The number of allylic oxidation sites excluding steroid dienone is 1. The summed E-state index contributed by atoms with van der Waals surface area (Å²) in [7, 11) is 1.39. The number of aryl methyl sites for hydroxylation is 1. The second kappa shape index (κ2) is 3.09. The van der Waals surface area contributed by atoms with Crippen molar-refractivity contribution in [1.29, 1.82) is 0 Å². The van der Waals surface area contributed by atoms with Crippen molar-refractivity contribution < 1.29 is 13.9 Å². The molecule has 0 amide bonds. The normalized spacial score (nSPS) is 14.7. The lowest BCUT2D eigenvalue weighted by molar-refractivity contribution is -0.133. The molecule has 0 radical (unpaired) electrons. The quantitative estimate of drug-likeness (QED) is 0.615. The van der Waals surface area contributed by atoms with E-state index in [1.54, 1.807) is 12.3 Å². The Morgan fingerprint density at radius 1 is 1.62 bits per heavy atom. The van der Waals surface area contributed by atoms with Crippen molar-refractivity contribution in [2.45, 2.75) is 12.8 Å². The summed E-state index contributed by atoms with van der Waals surface area (Å²) in [5, 5.41) is 0. The highest BCUT2D eigenvalue weighted by Gasteiger charge is 2.20. The van der Waals surface area contributed by atoms with Gasteiger partial charge in [0, 0.05) is 12.0 Å². The van der Waals surface area contributed by atoms with Crippen molar-refractivity contribution in [2.75, 3.05) is 7.11 Å². The number of carbonyl (C=O) groups is 1. The van der Waals surface area contributed by atoms with Gasteiger partial charge in [0.2, 0.25) is 0 Å². The Morgan fingerprint density at radius 3 is 3.23 bits per heavy atom. The fourth-order valence-corrected chi connectivity index (χ4v) is 1.54. The zero-order chi connectivity index (χ0) is 9.26. The minimum absolute atomic E-state index is 0.289. The fourth-order valence-electron chi connectivity index (χ4n) is 1.54. The van der Waals surface area contributed by atoms with Crippen molar-refractivity contribution in [3.63, 3.8) is 0 Å². The van der Waals surface area contributed by atoms with Crippen LogP contribution in [-0.4, -0.2) is 13.1 Å². The molecule has 0 aliphatic heterocycles. The van der Waals surface area contributed by atoms with E-state index in [9.17, 15) is 4.79 Å². The van der Waals surface area contributed by atoms with Crippen molar-refractivity contribution in [3.05, 3.63) is 29.7 Å². The molecule has 1 aromatic rings. The molecule has 0 fully saturated rings. The van der Waals surface area contributed by atoms with Gasteiger partial charge in [-0.25, -0.2) is 4.79 Å². The molecular weight excluding hydrogens is 168 g/mol. The van der Waals surface area contributed by atoms with Gasteiger partial charge in [0.1, 0.15) is 5.76 Å². The summed E-state index contributed by atoms with van der Waals surface area (Å²) in [4.78, 5) is 11.3. The minimum Gasteiger partial charge on any atom is -0.469 e. The van der Waals surface area contributed by atoms with Gasteiger partial charge < -0.3 is 9.15 Å². The first kappa shape index (κ1) is 8.10. The molecule has 0 saturated carbocycles. The molecule has 0 saturated heterocycles. The maximum absolute atomic E-state index is 11.3. The smallest absolute Gasteiger partial charge is 0.338 e. The summed E-state index contributed by atoms with van der Waals surface area (Å²) >= 11 is 0. The van der Waals surface area contributed by atoms with Crippen molar-refractivity contribution in [1.82, 2.24) is 0 Å². The van der Waals surface area contributed by atoms with Crippen LogP contribution < -0.4 is 0 Å². The molecule has 1 aliphatic rings. The largest absolute Gasteiger partial charge is 0.469 e. The molecule has 1 aromatic heterocycles. The third-order valence-electron chi connectivity index (χ3n) is 2.16. The van der Waals surface area contributed by atoms with Crippen LogP contribution >= 0.6 is 0 Å². The molecule has 3 heteroatoms. The first-order valence-electron chi connectivity index (χ1n) is 4.18. The van der Waals surface area contributed by atoms with Gasteiger partial charge in [-0.3, -0.25) is 0 Å². The highest BCUT2D eigenvalue weighted by atomic mass is 16.5. The summed E-state index contributed by atoms with van der Waals surface area (Å²) in [6.45, 7) is 0. The zero-order valence-corrected chi connectivity index (χ0v) is 7.37. The minimum atomic E-state index is -0.289. The first-order chi connectivity index (χ1) is 6.33. The molecule has 68 valence electrons. The topological polar surface area (TPSA) is 39.4 Å². The number of hydrogen-bond acceptors (Lipinski definition) is 3. The van der Waals surface area contributed by atoms with E-state index in [0.29, 0.717) is 5.57 Å². The Balaban J connectivity index is 2.41. The van der Waals surface area contributed by atoms with Gasteiger partial charge in [0.15, 0.2) is 0 Å². The monoisotopic (exact) mass is 178 g/mol. The van der Waals surface area contributed by atoms with E-state index < -0.39 is 0 Å². The van der Waals surface area contributed by atoms with E-state index in [1.165, 1.54) is 7.11 Å². The molecule has 0 bridgehead atoms. The summed E-state index contributed by atoms with van der Waals surface area (Å²) in [5.74, 6) is 0.588. The standard InChI is InChI=1S/C10H10O3/c1-12-10(11)8-3-2-4-9-7(8)5-6-13-9/h3,5-6H,2,4H2,1H3. The Hall–Kier alpha value is -1.51. The predicted molar refractivity (Wildman–Crippen MR) is 47.0 cm³/mol. The van der Waals surface area contributed by atoms with E-state index in [2.05, 4.69) is 4.74 Å². The summed E-state index contributed by atoms with van der Waals surface area (Å²) < 4.78 is 9.90. The van der Waals surface area contributed by atoms with Crippen LogP contribution in [0.25, 0.3) is 5.57 Å². The number of rotatable bonds is 1. The van der Waals surface area contributed by atoms with E-state index in [1.807, 2.05) is 6.08 Å². The third kappa shape index (κ3) is 1.26. The van der Waals surface area contributed by atoms with Gasteiger partial charge in [-0.15, -0.1) is 0 Å². The van der Waals surface area contributed by atoms with Crippen LogP contribution in [0.1, 0.15) is 17.7 Å². The van der Waals surface area contributed by atoms with Crippen LogP contribution in [-0.2, 0) is 16.0 Å². The molecule has 2 rings (SSSR count). The van der Waals surface area contributed by atoms with Gasteiger partial charge in [0.25, 0.3) is 0 Å². The number of fused-ring (bicyclic) bond motifs is 1. The summed E-state index contributed by atoms with van der Waals surface area (Å²) in [6, 6.07) is 1.80. The van der Waals surface area contributed by atoms with Crippen LogP contribution in [0.2, 0.25) is 0 Å². The van der Waals surface area contributed by atoms with E-state index in [4.69, 9.17) is 4.42 Å². The Labute approximate surface area is 76.0 Å². The number of carbonyl (C=O) groups excluding carboxylic acids is 1. The van der Waals surface area contributed by atoms with Gasteiger partial charge in [-0.1, -0.05) is 6.08 Å². The van der Waals surface area contributed by atoms with E-state index in [-0.39, 0.29) is 5.97 Å². The van der Waals surface area contributed by atoms with Crippen LogP contribution in [0.5, 0.6) is 0 Å². The molecule has 0 atom stereocenters. The lowest BCUT2D eigenvalue weighted by atomic mass is 9.97. The Kier molecular flexibility index (Phi) is 1.93. The first-order valence-corrected chi connectivity index (χ1v) is 4.18. The number of furan rings is 1. The van der Waals surface area contributed by atoms with Crippen molar-refractivity contribution in [2.24, 2.45) is 0 Å². The molecule has 3 nitrogen and oxygen atoms in total. The second-order valence-corrected chi connectivity index (χ2v) is 2.91. The number of esters is 1. The van der Waals surface area contributed by atoms with Crippen LogP contribution in [0.3, 0.4) is 0 Å². The molecule has 1 aliphatic carbocycles. The highest BCUT2D eigenvalue weighted by Crippen LogP contribution is 2.27. The molecule has 0 N–H and O–H groups in total. The lowest BCUT2D eigenvalue weighted by Gasteiger charge is -2.09. The average molecular weight is 178 g/mol. The molecule has 0 spiro atoms. The SMILES string of the molecule is COC(=O)C1=CCCc2occc21. The number of ether oxygens (including phenoxy) is 1. The van der Waals surface area contributed by atoms with Gasteiger partial charge in [-0.05, 0) is 12.5 Å². The van der Waals surface area contributed by atoms with Crippen LogP contribution in [0, 0.1) is 0 Å². The van der Waals surface area contributed by atoms with Gasteiger partial charge in [0.05, 0.1) is 18.9 Å². The summed E-state index contributed by atoms with van der Waals surface area (Å²) in [6.07, 6.45) is 5.20. The van der Waals surface area contributed by atoms with E-state index in [0.717, 1.165) is 24.2 Å². The number of methoxy groups -OCH3 is 1. The predicted octanol–water partition coefficient (Wildman–Crippen LogP) is 1.78. The maximum Gasteiger partial charge on any atom is 0.338 e. The van der Waals surface area contributed by atoms with E-state index >= 15 is 0 Å². The number of hydrogen-bond donors (Lipinski definition) is 0. The molecule has 1 heterocycles. The van der Waals surface area contributed by atoms with Crippen LogP contribution in [0.15, 0.2) is 22.8 Å². The zero-order valence-electron chi connectivity index (χ0n) is 7.37. The molecule has 0 unspecified atom stereocenters. The Morgan fingerprint density at radius 2 is 2.46 bits per heavy atom. The van der Waals surface area contributed by atoms with Crippen LogP contribution in [0.4, 0.5) is 0 Å². The second-order valence-electron chi connectivity index (χ2n) is 2.91. The maximum atomic E-state index is 11.3. The van der Waals surface area contributed by atoms with Crippen molar-refractivity contribution >= 4 is 11.5 Å². The summed E-state index contributed by atoms with van der Waals surface area (Å²) in [5.41, 5.74) is 1.50. The van der Waals surface area contributed by atoms with Gasteiger partial charge in [-0.2, -0.15) is 0 Å². The van der Waals surface area contributed by atoms with Crippen molar-refractivity contribution in [3.8, 4) is 0 Å². The lowest BCUT2D eigenvalue weighted by Crippen LogP contribution is -2.07. The molecule has 0 aromatic carbocycles. The fraction of sp³-hybridized carbons (Fsp3) is 0.300. The average Bonchev–Trinajstić information content (AvgIpc) is 2.63. The Bertz CT molecular complexity index is 360. The third-order valence-corrected chi connectivity index (χ3v) is 2.16. The van der Waals surface area contributed by atoms with Gasteiger partial charge >= 0.3 is 5.97 Å². The highest BCUT2D eigenvalue weighted by molar-refractivity contribution is 6.17. The molecule has 13 heavy (non-hydrogen) atoms.